The molecule has 0 spiro atoms. The van der Waals surface area contributed by atoms with Crippen LogP contribution in [0.1, 0.15) is 116 Å². The van der Waals surface area contributed by atoms with Crippen LogP contribution in [0.25, 0.3) is 12.2 Å². The maximum Gasteiger partial charge on any atom is 0.150 e. The zero-order valence-corrected chi connectivity index (χ0v) is 44.0. The van der Waals surface area contributed by atoms with Crippen LogP contribution in [0, 0.1) is 0 Å². The molecule has 8 rings (SSSR count). The van der Waals surface area contributed by atoms with E-state index in [1.165, 1.54) is 38.2 Å². The van der Waals surface area contributed by atoms with E-state index in [4.69, 9.17) is 0 Å². The molecule has 0 unspecified atom stereocenters. The summed E-state index contributed by atoms with van der Waals surface area (Å²) in [5.74, 6) is 0. The molecule has 0 atom stereocenters. The highest BCUT2D eigenvalue weighted by atomic mass is 31.1. The number of carbonyl (C=O) groups is 1. The van der Waals surface area contributed by atoms with Crippen LogP contribution in [-0.2, 0) is 12.8 Å². The molecule has 0 aliphatic rings. The Morgan fingerprint density at radius 2 is 0.478 bits per heavy atom. The van der Waals surface area contributed by atoms with E-state index < -0.39 is 7.92 Å². The lowest BCUT2D eigenvalue weighted by Crippen LogP contribution is -2.20. The Hall–Kier alpha value is -6.40. The maximum absolute atomic E-state index is 10.0. The molecule has 0 aromatic heterocycles. The van der Waals surface area contributed by atoms with Gasteiger partial charge >= 0.3 is 0 Å². The van der Waals surface area contributed by atoms with Crippen LogP contribution in [0.2, 0.25) is 0 Å². The number of rotatable bonds is 8. The molecule has 0 amide bonds. The van der Waals surface area contributed by atoms with Crippen molar-refractivity contribution in [3.8, 4) is 0 Å². The highest BCUT2D eigenvalue weighted by Crippen LogP contribution is 2.32. The third-order valence-corrected chi connectivity index (χ3v) is 11.0. The van der Waals surface area contributed by atoms with Crippen molar-refractivity contribution in [3.05, 3.63) is 270 Å². The van der Waals surface area contributed by atoms with Crippen molar-refractivity contribution in [1.82, 2.24) is 0 Å². The normalized spacial score (nSPS) is 8.85. The number of carbonyl (C=O) groups excluding carboxylic acids is 1. The molecule has 0 saturated heterocycles. The van der Waals surface area contributed by atoms with E-state index in [-0.39, 0.29) is 0 Å². The molecule has 2 heteroatoms. The van der Waals surface area contributed by atoms with E-state index >= 15 is 0 Å². The average molecular weight is 911 g/mol. The van der Waals surface area contributed by atoms with Gasteiger partial charge in [0, 0.05) is 5.56 Å². The van der Waals surface area contributed by atoms with E-state index in [1.54, 1.807) is 12.1 Å². The van der Waals surface area contributed by atoms with Gasteiger partial charge in [-0.2, -0.15) is 0 Å². The minimum atomic E-state index is -0.446. The van der Waals surface area contributed by atoms with E-state index in [0.29, 0.717) is 0 Å². The Morgan fingerprint density at radius 1 is 0.284 bits per heavy atom. The lowest BCUT2D eigenvalue weighted by molar-refractivity contribution is 0.112. The summed E-state index contributed by atoms with van der Waals surface area (Å²) in [6.07, 6.45) is 7.35. The van der Waals surface area contributed by atoms with Gasteiger partial charge in [0.1, 0.15) is 6.29 Å². The number of hydrogen-bond acceptors (Lipinski definition) is 1. The van der Waals surface area contributed by atoms with Gasteiger partial charge in [-0.15, -0.1) is 0 Å². The molecule has 1 nitrogen and oxygen atoms in total. The Kier molecular flexibility index (Phi) is 44.5. The first kappa shape index (κ1) is 62.7. The summed E-state index contributed by atoms with van der Waals surface area (Å²) in [4.78, 5) is 10.0. The topological polar surface area (TPSA) is 17.1 Å². The SMILES string of the molecule is C(=Cc1ccccc1)c1ccccc1.CC.CC.CC.CC.CC.CCc1ccccc1.CCc1ccccc1.O=Cc1ccccc1.c1ccc(P(c2ccccc2)c2ccccc2)cc1. The third kappa shape index (κ3) is 30.4. The van der Waals surface area contributed by atoms with Crippen LogP contribution in [-0.4, -0.2) is 6.29 Å². The fourth-order valence-electron chi connectivity index (χ4n) is 5.46. The van der Waals surface area contributed by atoms with Gasteiger partial charge < -0.3 is 0 Å². The lowest BCUT2D eigenvalue weighted by Gasteiger charge is -2.18. The minimum Gasteiger partial charge on any atom is -0.298 e. The molecule has 0 bridgehead atoms. The smallest absolute Gasteiger partial charge is 0.150 e. The van der Waals surface area contributed by atoms with E-state index in [1.807, 2.05) is 136 Å². The quantitative estimate of drug-likeness (QED) is 0.0843. The van der Waals surface area contributed by atoms with Crippen LogP contribution in [0.4, 0.5) is 0 Å². The van der Waals surface area contributed by atoms with Crippen molar-refractivity contribution < 1.29 is 4.79 Å². The molecule has 0 aliphatic heterocycles. The molecular formula is C65H83OP. The summed E-state index contributed by atoms with van der Waals surface area (Å²) < 4.78 is 0. The summed E-state index contributed by atoms with van der Waals surface area (Å²) in [6.45, 7) is 24.3. The number of benzene rings is 8. The highest BCUT2D eigenvalue weighted by molar-refractivity contribution is 7.79. The van der Waals surface area contributed by atoms with Crippen LogP contribution in [0.15, 0.2) is 243 Å². The Morgan fingerprint density at radius 3 is 0.657 bits per heavy atom. The average Bonchev–Trinajstić information content (AvgIpc) is 3.46. The zero-order valence-electron chi connectivity index (χ0n) is 43.1. The number of aldehydes is 1. The summed E-state index contributed by atoms with van der Waals surface area (Å²) in [6, 6.07) is 83.0. The van der Waals surface area contributed by atoms with Gasteiger partial charge in [-0.05, 0) is 58.9 Å². The maximum atomic E-state index is 10.0. The molecule has 0 fully saturated rings. The highest BCUT2D eigenvalue weighted by Gasteiger charge is 2.15. The molecular weight excluding hydrogens is 828 g/mol. The molecule has 0 aliphatic carbocycles. The van der Waals surface area contributed by atoms with Gasteiger partial charge in [0.15, 0.2) is 0 Å². The van der Waals surface area contributed by atoms with Crippen molar-refractivity contribution in [2.75, 3.05) is 0 Å². The molecule has 354 valence electrons. The van der Waals surface area contributed by atoms with Crippen molar-refractivity contribution in [2.24, 2.45) is 0 Å². The molecule has 8 aromatic carbocycles. The van der Waals surface area contributed by atoms with Crippen LogP contribution < -0.4 is 15.9 Å². The van der Waals surface area contributed by atoms with Gasteiger partial charge in [0.2, 0.25) is 0 Å². The van der Waals surface area contributed by atoms with Crippen molar-refractivity contribution in [3.63, 3.8) is 0 Å². The van der Waals surface area contributed by atoms with Crippen molar-refractivity contribution >= 4 is 42.3 Å². The summed E-state index contributed by atoms with van der Waals surface area (Å²) in [5.41, 5.74) is 6.01. The van der Waals surface area contributed by atoms with Gasteiger partial charge in [-0.25, -0.2) is 0 Å². The van der Waals surface area contributed by atoms with E-state index in [2.05, 4.69) is 190 Å². The van der Waals surface area contributed by atoms with Gasteiger partial charge in [-0.3, -0.25) is 4.79 Å². The Balaban J connectivity index is 0. The van der Waals surface area contributed by atoms with Crippen LogP contribution in [0.5, 0.6) is 0 Å². The number of hydrogen-bond donors (Lipinski definition) is 0. The second kappa shape index (κ2) is 47.6. The summed E-state index contributed by atoms with van der Waals surface area (Å²) in [7, 11) is -0.446. The van der Waals surface area contributed by atoms with Gasteiger partial charge in [0.05, 0.1) is 0 Å². The molecule has 8 aromatic rings. The summed E-state index contributed by atoms with van der Waals surface area (Å²) in [5, 5.41) is 4.19. The minimum absolute atomic E-state index is 0.446. The molecule has 0 saturated carbocycles. The largest absolute Gasteiger partial charge is 0.298 e. The molecule has 0 radical (unpaired) electrons. The Bertz CT molecular complexity index is 2000. The molecule has 0 heterocycles. The standard InChI is InChI=1S/C18H15P.C14H12.2C8H10.C7H6O.5C2H6/c1-4-10-16(11-5-1)19(17-12-6-2-7-13-17)18-14-8-3-9-15-18;1-3-7-13(8-4-1)11-12-14-9-5-2-6-10-14;2*1-2-8-6-4-3-5-7-8;8-6-7-4-2-1-3-5-7;5*1-2/h1-15H;1-12H;2*3-7H,2H2,1H3;1-6H;5*1-2H3. The molecule has 67 heavy (non-hydrogen) atoms. The van der Waals surface area contributed by atoms with Gasteiger partial charge in [0.25, 0.3) is 0 Å². The van der Waals surface area contributed by atoms with Crippen LogP contribution >= 0.6 is 7.92 Å². The predicted octanol–water partition coefficient (Wildman–Crippen LogP) is 18.4. The van der Waals surface area contributed by atoms with Crippen molar-refractivity contribution in [1.29, 1.82) is 0 Å². The molecule has 0 N–H and O–H groups in total. The number of aryl methyl sites for hydroxylation is 2. The second-order valence-electron chi connectivity index (χ2n) is 12.7. The van der Waals surface area contributed by atoms with E-state index in [0.717, 1.165) is 24.7 Å². The van der Waals surface area contributed by atoms with Crippen molar-refractivity contribution in [2.45, 2.75) is 95.9 Å². The zero-order chi connectivity index (χ0) is 50.0. The summed E-state index contributed by atoms with van der Waals surface area (Å²) >= 11 is 0. The lowest BCUT2D eigenvalue weighted by atomic mass is 10.1. The first-order valence-electron chi connectivity index (χ1n) is 24.5. The monoisotopic (exact) mass is 911 g/mol. The van der Waals surface area contributed by atoms with Crippen LogP contribution in [0.3, 0.4) is 0 Å². The first-order chi connectivity index (χ1) is 33.2. The Labute approximate surface area is 411 Å². The van der Waals surface area contributed by atoms with Gasteiger partial charge in [-0.1, -0.05) is 338 Å². The fraction of sp³-hybridized carbons (Fsp3) is 0.215. The van der Waals surface area contributed by atoms with E-state index in [9.17, 15) is 4.79 Å². The fourth-order valence-corrected chi connectivity index (χ4v) is 7.76. The second-order valence-corrected chi connectivity index (χ2v) is 14.9. The predicted molar refractivity (Wildman–Crippen MR) is 307 cm³/mol. The third-order valence-electron chi connectivity index (χ3n) is 8.55. The first-order valence-corrected chi connectivity index (χ1v) is 25.9.